The van der Waals surface area contributed by atoms with Crippen LogP contribution in [-0.2, 0) is 0 Å². The molecule has 0 heterocycles. The number of rotatable bonds is 1. The van der Waals surface area contributed by atoms with E-state index in [0.717, 1.165) is 16.1 Å². The molecule has 0 aromatic heterocycles. The molecule has 1 heteroatoms. The molecule has 0 nitrogen and oxygen atoms in total. The van der Waals surface area contributed by atoms with Gasteiger partial charge in [0.2, 0.25) is 0 Å². The molecule has 0 bridgehead atoms. The minimum atomic E-state index is 0.803. The van der Waals surface area contributed by atoms with E-state index in [-0.39, 0.29) is 0 Å². The fraction of sp³-hybridized carbons (Fsp3) is 0.111. The van der Waals surface area contributed by atoms with E-state index in [4.69, 9.17) is 11.6 Å². The molecule has 0 amide bonds. The molecule has 10 heavy (non-hydrogen) atoms. The first-order valence-electron chi connectivity index (χ1n) is 3.13. The second-order valence-electron chi connectivity index (χ2n) is 2.18. The summed E-state index contributed by atoms with van der Waals surface area (Å²) < 4.78 is 0. The van der Waals surface area contributed by atoms with Crippen LogP contribution in [0.4, 0.5) is 0 Å². The third kappa shape index (κ3) is 1.22. The highest BCUT2D eigenvalue weighted by Crippen LogP contribution is 2.20. The summed E-state index contributed by atoms with van der Waals surface area (Å²) in [7, 11) is 0. The van der Waals surface area contributed by atoms with Gasteiger partial charge in [0.25, 0.3) is 0 Å². The third-order valence-electron chi connectivity index (χ3n) is 1.44. The lowest BCUT2D eigenvalue weighted by molar-refractivity contribution is 1.46. The van der Waals surface area contributed by atoms with E-state index >= 15 is 0 Å². The zero-order valence-corrected chi connectivity index (χ0v) is 6.65. The Morgan fingerprint density at radius 3 is 2.70 bits per heavy atom. The summed E-state index contributed by atoms with van der Waals surface area (Å²) in [5.74, 6) is 0. The van der Waals surface area contributed by atoms with Crippen LogP contribution in [0.15, 0.2) is 24.8 Å². The van der Waals surface area contributed by atoms with Crippen molar-refractivity contribution in [1.29, 1.82) is 0 Å². The molecule has 0 saturated heterocycles. The minimum absolute atomic E-state index is 0.803. The second-order valence-corrected chi connectivity index (χ2v) is 2.56. The molecule has 1 rings (SSSR count). The van der Waals surface area contributed by atoms with Crippen molar-refractivity contribution in [3.63, 3.8) is 0 Å². The van der Waals surface area contributed by atoms with Gasteiger partial charge in [-0.1, -0.05) is 42.5 Å². The highest BCUT2D eigenvalue weighted by atomic mass is 35.5. The fourth-order valence-corrected chi connectivity index (χ4v) is 1.03. The van der Waals surface area contributed by atoms with Gasteiger partial charge in [0.1, 0.15) is 0 Å². The highest BCUT2D eigenvalue weighted by molar-refractivity contribution is 6.32. The first kappa shape index (κ1) is 7.36. The SMILES string of the molecule is C=Cc1cccc(C)c1Cl. The summed E-state index contributed by atoms with van der Waals surface area (Å²) in [6, 6.07) is 5.90. The largest absolute Gasteiger partial charge is 0.0984 e. The molecule has 1 aromatic carbocycles. The average molecular weight is 153 g/mol. The van der Waals surface area contributed by atoms with E-state index in [2.05, 4.69) is 6.58 Å². The second kappa shape index (κ2) is 2.89. The maximum absolute atomic E-state index is 5.92. The van der Waals surface area contributed by atoms with Crippen LogP contribution >= 0.6 is 11.6 Å². The van der Waals surface area contributed by atoms with Gasteiger partial charge in [0, 0.05) is 0 Å². The molecule has 0 aliphatic rings. The van der Waals surface area contributed by atoms with E-state index in [1.807, 2.05) is 25.1 Å². The molecular weight excluding hydrogens is 144 g/mol. The van der Waals surface area contributed by atoms with E-state index in [0.29, 0.717) is 0 Å². The molecule has 0 unspecified atom stereocenters. The van der Waals surface area contributed by atoms with Crippen molar-refractivity contribution in [1.82, 2.24) is 0 Å². The number of hydrogen-bond acceptors (Lipinski definition) is 0. The molecule has 0 aliphatic carbocycles. The van der Waals surface area contributed by atoms with Gasteiger partial charge in [0.15, 0.2) is 0 Å². The van der Waals surface area contributed by atoms with Gasteiger partial charge in [-0.2, -0.15) is 0 Å². The van der Waals surface area contributed by atoms with E-state index in [9.17, 15) is 0 Å². The topological polar surface area (TPSA) is 0 Å². The minimum Gasteiger partial charge on any atom is -0.0984 e. The number of hydrogen-bond donors (Lipinski definition) is 0. The lowest BCUT2D eigenvalue weighted by atomic mass is 10.1. The van der Waals surface area contributed by atoms with Gasteiger partial charge in [-0.25, -0.2) is 0 Å². The summed E-state index contributed by atoms with van der Waals surface area (Å²) in [6.07, 6.45) is 1.76. The highest BCUT2D eigenvalue weighted by Gasteiger charge is 1.96. The quantitative estimate of drug-likeness (QED) is 0.580. The fourth-order valence-electron chi connectivity index (χ4n) is 0.828. The van der Waals surface area contributed by atoms with Gasteiger partial charge >= 0.3 is 0 Å². The van der Waals surface area contributed by atoms with Crippen molar-refractivity contribution in [3.05, 3.63) is 40.9 Å². The van der Waals surface area contributed by atoms with Crippen molar-refractivity contribution in [2.45, 2.75) is 6.92 Å². The Morgan fingerprint density at radius 2 is 2.20 bits per heavy atom. The summed E-state index contributed by atoms with van der Waals surface area (Å²) in [5.41, 5.74) is 2.10. The molecule has 0 saturated carbocycles. The smallest absolute Gasteiger partial charge is 0.0507 e. The summed E-state index contributed by atoms with van der Waals surface area (Å²) in [5, 5.41) is 0.803. The van der Waals surface area contributed by atoms with Crippen LogP contribution in [0.5, 0.6) is 0 Å². The first-order valence-corrected chi connectivity index (χ1v) is 3.51. The molecule has 1 aromatic rings. The maximum Gasteiger partial charge on any atom is 0.0507 e. The lowest BCUT2D eigenvalue weighted by Gasteiger charge is -1.99. The average Bonchev–Trinajstić information content (AvgIpc) is 1.95. The van der Waals surface area contributed by atoms with Crippen molar-refractivity contribution >= 4 is 17.7 Å². The Kier molecular flexibility index (Phi) is 2.13. The number of halogens is 1. The molecule has 0 radical (unpaired) electrons. The van der Waals surface area contributed by atoms with Crippen molar-refractivity contribution < 1.29 is 0 Å². The monoisotopic (exact) mass is 152 g/mol. The van der Waals surface area contributed by atoms with Crippen molar-refractivity contribution in [2.24, 2.45) is 0 Å². The predicted octanol–water partition coefficient (Wildman–Crippen LogP) is 3.29. The Labute approximate surface area is 66.1 Å². The van der Waals surface area contributed by atoms with Crippen LogP contribution in [0, 0.1) is 6.92 Å². The molecule has 0 atom stereocenters. The van der Waals surface area contributed by atoms with Crippen molar-refractivity contribution in [2.75, 3.05) is 0 Å². The molecule has 0 N–H and O–H groups in total. The van der Waals surface area contributed by atoms with Gasteiger partial charge in [0.05, 0.1) is 5.02 Å². The van der Waals surface area contributed by atoms with Gasteiger partial charge in [-0.05, 0) is 18.1 Å². The van der Waals surface area contributed by atoms with Gasteiger partial charge < -0.3 is 0 Å². The number of benzene rings is 1. The van der Waals surface area contributed by atoms with Gasteiger partial charge in [-0.15, -0.1) is 0 Å². The van der Waals surface area contributed by atoms with Gasteiger partial charge in [-0.3, -0.25) is 0 Å². The lowest BCUT2D eigenvalue weighted by Crippen LogP contribution is -1.77. The zero-order chi connectivity index (χ0) is 7.56. The molecule has 0 fully saturated rings. The maximum atomic E-state index is 5.92. The third-order valence-corrected chi connectivity index (χ3v) is 1.96. The van der Waals surface area contributed by atoms with Crippen LogP contribution in [0.3, 0.4) is 0 Å². The standard InChI is InChI=1S/C9H9Cl/c1-3-8-6-4-5-7(2)9(8)10/h3-6H,1H2,2H3. The van der Waals surface area contributed by atoms with E-state index < -0.39 is 0 Å². The molecule has 0 spiro atoms. The summed E-state index contributed by atoms with van der Waals surface area (Å²) in [4.78, 5) is 0. The van der Waals surface area contributed by atoms with E-state index in [1.165, 1.54) is 0 Å². The Bertz CT molecular complexity index is 251. The van der Waals surface area contributed by atoms with E-state index in [1.54, 1.807) is 6.08 Å². The van der Waals surface area contributed by atoms with Crippen LogP contribution in [-0.4, -0.2) is 0 Å². The van der Waals surface area contributed by atoms with Crippen LogP contribution in [0.1, 0.15) is 11.1 Å². The van der Waals surface area contributed by atoms with Crippen LogP contribution < -0.4 is 0 Å². The number of aryl methyl sites for hydroxylation is 1. The van der Waals surface area contributed by atoms with Crippen molar-refractivity contribution in [3.8, 4) is 0 Å². The van der Waals surface area contributed by atoms with Crippen LogP contribution in [0.2, 0.25) is 5.02 Å². The summed E-state index contributed by atoms with van der Waals surface area (Å²) >= 11 is 5.92. The molecule has 52 valence electrons. The molecular formula is C9H9Cl. The van der Waals surface area contributed by atoms with Crippen LogP contribution in [0.25, 0.3) is 6.08 Å². The normalized spacial score (nSPS) is 9.40. The predicted molar refractivity (Wildman–Crippen MR) is 46.3 cm³/mol. The molecule has 0 aliphatic heterocycles. The zero-order valence-electron chi connectivity index (χ0n) is 5.89. The Balaban J connectivity index is 3.27. The Hall–Kier alpha value is -0.750. The first-order chi connectivity index (χ1) is 4.75. The summed E-state index contributed by atoms with van der Waals surface area (Å²) in [6.45, 7) is 5.63. The Morgan fingerprint density at radius 1 is 1.50 bits per heavy atom.